The highest BCUT2D eigenvalue weighted by Gasteiger charge is 2.41. The van der Waals surface area contributed by atoms with Crippen molar-refractivity contribution >= 4 is 5.91 Å². The van der Waals surface area contributed by atoms with Gasteiger partial charge in [0.05, 0.1) is 24.9 Å². The lowest BCUT2D eigenvalue weighted by molar-refractivity contribution is -0.139. The second-order valence-electron chi connectivity index (χ2n) is 7.54. The van der Waals surface area contributed by atoms with Crippen LogP contribution in [0.4, 0.5) is 0 Å². The Hall–Kier alpha value is -1.53. The van der Waals surface area contributed by atoms with Crippen LogP contribution in [0, 0.1) is 5.92 Å². The predicted octanol–water partition coefficient (Wildman–Crippen LogP) is 1.98. The summed E-state index contributed by atoms with van der Waals surface area (Å²) in [4.78, 5) is 22.7. The molecule has 1 aromatic rings. The lowest BCUT2D eigenvalue weighted by Crippen LogP contribution is -2.46. The van der Waals surface area contributed by atoms with Crippen LogP contribution in [0.5, 0.6) is 0 Å². The van der Waals surface area contributed by atoms with Crippen LogP contribution in [-0.4, -0.2) is 58.8 Å². The normalized spacial score (nSPS) is 28.8. The van der Waals surface area contributed by atoms with E-state index in [1.807, 2.05) is 4.90 Å². The first-order valence-electron chi connectivity index (χ1n) is 9.56. The number of nitrogens with zero attached hydrogens (tertiary/aromatic N) is 3. The molecule has 0 radical (unpaired) electrons. The van der Waals surface area contributed by atoms with Gasteiger partial charge in [0, 0.05) is 32.0 Å². The maximum absolute atomic E-state index is 12.6. The van der Waals surface area contributed by atoms with Gasteiger partial charge in [-0.3, -0.25) is 4.79 Å². The van der Waals surface area contributed by atoms with E-state index >= 15 is 0 Å². The van der Waals surface area contributed by atoms with Crippen LogP contribution in [0.2, 0.25) is 0 Å². The molecule has 6 nitrogen and oxygen atoms in total. The van der Waals surface area contributed by atoms with Gasteiger partial charge in [0.2, 0.25) is 5.91 Å². The number of fused-ring (bicyclic) bond motifs is 1. The van der Waals surface area contributed by atoms with E-state index in [1.54, 1.807) is 12.4 Å². The molecule has 1 aliphatic carbocycles. The zero-order valence-electron chi connectivity index (χ0n) is 14.7. The van der Waals surface area contributed by atoms with Crippen molar-refractivity contribution in [3.8, 4) is 0 Å². The topological polar surface area (TPSA) is 64.6 Å². The molecule has 3 aliphatic rings. The summed E-state index contributed by atoms with van der Waals surface area (Å²) < 4.78 is 12.0. The molecule has 4 rings (SSSR count). The largest absolute Gasteiger partial charge is 0.378 e. The van der Waals surface area contributed by atoms with E-state index in [2.05, 4.69) is 9.97 Å². The minimum atomic E-state index is 0.187. The number of carbonyl (C=O) groups is 1. The molecule has 136 valence electrons. The molecule has 1 aromatic heterocycles. The molecule has 3 fully saturated rings. The van der Waals surface area contributed by atoms with Gasteiger partial charge in [-0.05, 0) is 50.0 Å². The molecule has 1 amide bonds. The quantitative estimate of drug-likeness (QED) is 0.756. The smallest absolute Gasteiger partial charge is 0.223 e. The molecule has 0 bridgehead atoms. The van der Waals surface area contributed by atoms with Gasteiger partial charge in [0.15, 0.2) is 0 Å². The summed E-state index contributed by atoms with van der Waals surface area (Å²) in [6.45, 7) is 2.42. The summed E-state index contributed by atoms with van der Waals surface area (Å²) in [6, 6.07) is 0.249. The van der Waals surface area contributed by atoms with Crippen molar-refractivity contribution in [1.82, 2.24) is 14.9 Å². The number of amides is 1. The fourth-order valence-corrected chi connectivity index (χ4v) is 3.93. The molecule has 2 aliphatic heterocycles. The van der Waals surface area contributed by atoms with E-state index in [0.717, 1.165) is 43.9 Å². The fourth-order valence-electron chi connectivity index (χ4n) is 3.93. The van der Waals surface area contributed by atoms with Gasteiger partial charge >= 0.3 is 0 Å². The van der Waals surface area contributed by atoms with Gasteiger partial charge < -0.3 is 14.4 Å². The maximum atomic E-state index is 12.6. The van der Waals surface area contributed by atoms with Crippen molar-refractivity contribution in [3.05, 3.63) is 24.3 Å². The average Bonchev–Trinajstić information content (AvgIpc) is 3.37. The Morgan fingerprint density at radius 2 is 2.00 bits per heavy atom. The molecule has 0 aromatic carbocycles. The summed E-state index contributed by atoms with van der Waals surface area (Å²) in [5.41, 5.74) is 1.01. The van der Waals surface area contributed by atoms with Gasteiger partial charge in [-0.1, -0.05) is 0 Å². The van der Waals surface area contributed by atoms with Crippen molar-refractivity contribution in [2.24, 2.45) is 5.92 Å². The SMILES string of the molecule is O=C(CCc1cncnc1)N1CC[C@H]2O[C@H](COCC3CC3)CC[C@H]21. The van der Waals surface area contributed by atoms with Gasteiger partial charge in [-0.2, -0.15) is 0 Å². The predicted molar refractivity (Wildman–Crippen MR) is 91.9 cm³/mol. The summed E-state index contributed by atoms with van der Waals surface area (Å²) in [6.07, 6.45) is 12.3. The Balaban J connectivity index is 1.23. The number of aryl methyl sites for hydroxylation is 1. The second-order valence-corrected chi connectivity index (χ2v) is 7.54. The third-order valence-corrected chi connectivity index (χ3v) is 5.55. The van der Waals surface area contributed by atoms with Crippen LogP contribution in [0.1, 0.15) is 44.1 Å². The molecule has 2 saturated heterocycles. The van der Waals surface area contributed by atoms with Crippen LogP contribution >= 0.6 is 0 Å². The van der Waals surface area contributed by atoms with Gasteiger partial charge in [-0.25, -0.2) is 9.97 Å². The number of hydrogen-bond acceptors (Lipinski definition) is 5. The highest BCUT2D eigenvalue weighted by atomic mass is 16.5. The first-order chi connectivity index (χ1) is 12.3. The first kappa shape index (κ1) is 16.9. The summed E-state index contributed by atoms with van der Waals surface area (Å²) in [5.74, 6) is 1.02. The van der Waals surface area contributed by atoms with Gasteiger partial charge in [-0.15, -0.1) is 0 Å². The van der Waals surface area contributed by atoms with Gasteiger partial charge in [0.25, 0.3) is 0 Å². The zero-order chi connectivity index (χ0) is 17.1. The molecule has 25 heavy (non-hydrogen) atoms. The Kier molecular flexibility index (Phi) is 5.27. The monoisotopic (exact) mass is 345 g/mol. The Bertz CT molecular complexity index is 579. The number of rotatable bonds is 7. The van der Waals surface area contributed by atoms with E-state index in [0.29, 0.717) is 19.4 Å². The lowest BCUT2D eigenvalue weighted by atomic mass is 9.99. The third kappa shape index (κ3) is 4.36. The maximum Gasteiger partial charge on any atom is 0.223 e. The molecule has 6 heteroatoms. The molecular formula is C19H27N3O3. The molecule has 0 N–H and O–H groups in total. The highest BCUT2D eigenvalue weighted by molar-refractivity contribution is 5.77. The molecule has 3 heterocycles. The van der Waals surface area contributed by atoms with E-state index in [1.165, 1.54) is 19.2 Å². The van der Waals surface area contributed by atoms with Crippen molar-refractivity contribution in [2.75, 3.05) is 19.8 Å². The number of carbonyl (C=O) groups excluding carboxylic acids is 1. The van der Waals surface area contributed by atoms with Crippen LogP contribution in [0.25, 0.3) is 0 Å². The summed E-state index contributed by atoms with van der Waals surface area (Å²) in [5, 5.41) is 0. The first-order valence-corrected chi connectivity index (χ1v) is 9.56. The number of likely N-dealkylation sites (tertiary alicyclic amines) is 1. The van der Waals surface area contributed by atoms with Gasteiger partial charge in [0.1, 0.15) is 6.33 Å². The molecule has 0 unspecified atom stereocenters. The van der Waals surface area contributed by atoms with Crippen LogP contribution in [0.15, 0.2) is 18.7 Å². The average molecular weight is 345 g/mol. The second kappa shape index (κ2) is 7.79. The minimum Gasteiger partial charge on any atom is -0.378 e. The number of aromatic nitrogens is 2. The standard InChI is InChI=1S/C19H27N3O3/c23-19(6-3-15-9-20-13-21-10-15)22-8-7-18-17(22)5-4-16(25-18)12-24-11-14-1-2-14/h9-10,13-14,16-18H,1-8,11-12H2/t16-,17+,18+/m0/s1. The molecule has 0 spiro atoms. The van der Waals surface area contributed by atoms with E-state index in [-0.39, 0.29) is 24.2 Å². The third-order valence-electron chi connectivity index (χ3n) is 5.55. The summed E-state index contributed by atoms with van der Waals surface area (Å²) >= 11 is 0. The molecule has 3 atom stereocenters. The van der Waals surface area contributed by atoms with E-state index in [4.69, 9.17) is 9.47 Å². The van der Waals surface area contributed by atoms with E-state index < -0.39 is 0 Å². The zero-order valence-corrected chi connectivity index (χ0v) is 14.7. The minimum absolute atomic E-state index is 0.187. The summed E-state index contributed by atoms with van der Waals surface area (Å²) in [7, 11) is 0. The van der Waals surface area contributed by atoms with Crippen molar-refractivity contribution < 1.29 is 14.3 Å². The van der Waals surface area contributed by atoms with Crippen molar-refractivity contribution in [1.29, 1.82) is 0 Å². The Morgan fingerprint density at radius 1 is 1.16 bits per heavy atom. The lowest BCUT2D eigenvalue weighted by Gasteiger charge is -2.36. The Morgan fingerprint density at radius 3 is 2.80 bits per heavy atom. The van der Waals surface area contributed by atoms with Crippen LogP contribution in [-0.2, 0) is 20.7 Å². The number of ether oxygens (including phenoxy) is 2. The van der Waals surface area contributed by atoms with Crippen LogP contribution in [0.3, 0.4) is 0 Å². The highest BCUT2D eigenvalue weighted by Crippen LogP contribution is 2.33. The van der Waals surface area contributed by atoms with E-state index in [9.17, 15) is 4.79 Å². The fraction of sp³-hybridized carbons (Fsp3) is 0.737. The van der Waals surface area contributed by atoms with Crippen molar-refractivity contribution in [3.63, 3.8) is 0 Å². The number of hydrogen-bond donors (Lipinski definition) is 0. The van der Waals surface area contributed by atoms with Crippen molar-refractivity contribution in [2.45, 2.75) is 63.2 Å². The molecular weight excluding hydrogens is 318 g/mol. The Labute approximate surface area is 148 Å². The molecule has 1 saturated carbocycles. The van der Waals surface area contributed by atoms with Crippen LogP contribution < -0.4 is 0 Å².